The Kier molecular flexibility index (Phi) is 5.97. The zero-order valence-corrected chi connectivity index (χ0v) is 9.45. The molecule has 84 valence electrons. The summed E-state index contributed by atoms with van der Waals surface area (Å²) in [6, 6.07) is 6.58. The van der Waals surface area contributed by atoms with Gasteiger partial charge in [-0.1, -0.05) is 6.07 Å². The van der Waals surface area contributed by atoms with E-state index in [1.54, 1.807) is 0 Å². The summed E-state index contributed by atoms with van der Waals surface area (Å²) in [4.78, 5) is 4.28. The molecule has 0 aliphatic carbocycles. The summed E-state index contributed by atoms with van der Waals surface area (Å²) in [5.41, 5.74) is 6.65. The highest BCUT2D eigenvalue weighted by molar-refractivity contribution is 5.03. The maximum absolute atomic E-state index is 5.47. The third kappa shape index (κ3) is 5.50. The lowest BCUT2D eigenvalue weighted by Gasteiger charge is -2.11. The number of pyridine rings is 1. The van der Waals surface area contributed by atoms with Crippen LogP contribution >= 0.6 is 0 Å². The minimum absolute atomic E-state index is 0.527. The number of nitrogens with one attached hydrogen (secondary N) is 1. The summed E-state index contributed by atoms with van der Waals surface area (Å²) in [5, 5.41) is 3.45. The van der Waals surface area contributed by atoms with Gasteiger partial charge in [-0.05, 0) is 51.4 Å². The molecule has 0 fully saturated rings. The van der Waals surface area contributed by atoms with E-state index in [-0.39, 0.29) is 0 Å². The zero-order chi connectivity index (χ0) is 10.9. The molecule has 1 heterocycles. The van der Waals surface area contributed by atoms with Crippen molar-refractivity contribution < 1.29 is 0 Å². The molecule has 3 nitrogen and oxygen atoms in total. The van der Waals surface area contributed by atoms with E-state index in [4.69, 9.17) is 5.73 Å². The van der Waals surface area contributed by atoms with Crippen LogP contribution < -0.4 is 11.1 Å². The number of hydrogen-bond donors (Lipinski definition) is 2. The molecule has 1 aromatic heterocycles. The summed E-state index contributed by atoms with van der Waals surface area (Å²) < 4.78 is 0. The number of hydrogen-bond acceptors (Lipinski definition) is 3. The van der Waals surface area contributed by atoms with Crippen LogP contribution in [0.15, 0.2) is 24.4 Å². The Labute approximate surface area is 92.1 Å². The number of aryl methyl sites for hydroxylation is 1. The van der Waals surface area contributed by atoms with E-state index in [9.17, 15) is 0 Å². The highest BCUT2D eigenvalue weighted by Gasteiger charge is 1.98. The van der Waals surface area contributed by atoms with E-state index in [0.29, 0.717) is 6.04 Å². The van der Waals surface area contributed by atoms with E-state index >= 15 is 0 Å². The molecule has 1 rings (SSSR count). The van der Waals surface area contributed by atoms with Gasteiger partial charge in [0.1, 0.15) is 0 Å². The first-order chi connectivity index (χ1) is 7.33. The van der Waals surface area contributed by atoms with Crippen molar-refractivity contribution in [2.45, 2.75) is 32.2 Å². The fourth-order valence-corrected chi connectivity index (χ4v) is 1.52. The highest BCUT2D eigenvalue weighted by Crippen LogP contribution is 1.97. The molecular weight excluding hydrogens is 186 g/mol. The van der Waals surface area contributed by atoms with Crippen molar-refractivity contribution in [2.24, 2.45) is 5.73 Å². The van der Waals surface area contributed by atoms with Crippen LogP contribution in [-0.4, -0.2) is 24.1 Å². The van der Waals surface area contributed by atoms with Crippen LogP contribution in [0, 0.1) is 0 Å². The van der Waals surface area contributed by atoms with Gasteiger partial charge in [0.05, 0.1) is 0 Å². The maximum atomic E-state index is 5.47. The van der Waals surface area contributed by atoms with Crippen molar-refractivity contribution in [2.75, 3.05) is 13.1 Å². The summed E-state index contributed by atoms with van der Waals surface area (Å²) in [6.07, 6.45) is 5.07. The van der Waals surface area contributed by atoms with Gasteiger partial charge in [-0.3, -0.25) is 4.98 Å². The van der Waals surface area contributed by atoms with Crippen LogP contribution in [-0.2, 0) is 6.42 Å². The predicted octanol–water partition coefficient (Wildman–Crippen LogP) is 1.34. The van der Waals surface area contributed by atoms with Gasteiger partial charge in [-0.2, -0.15) is 0 Å². The third-order valence-corrected chi connectivity index (χ3v) is 2.43. The molecule has 0 aliphatic heterocycles. The van der Waals surface area contributed by atoms with Gasteiger partial charge in [0, 0.05) is 17.9 Å². The van der Waals surface area contributed by atoms with Crippen molar-refractivity contribution >= 4 is 0 Å². The van der Waals surface area contributed by atoms with Gasteiger partial charge in [-0.25, -0.2) is 0 Å². The summed E-state index contributed by atoms with van der Waals surface area (Å²) in [6.45, 7) is 3.97. The summed E-state index contributed by atoms with van der Waals surface area (Å²) >= 11 is 0. The molecule has 0 aliphatic rings. The van der Waals surface area contributed by atoms with Crippen molar-refractivity contribution in [1.82, 2.24) is 10.3 Å². The average molecular weight is 207 g/mol. The van der Waals surface area contributed by atoms with E-state index < -0.39 is 0 Å². The minimum atomic E-state index is 0.527. The first-order valence-electron chi connectivity index (χ1n) is 5.66. The normalized spacial score (nSPS) is 12.7. The molecule has 15 heavy (non-hydrogen) atoms. The number of nitrogens with two attached hydrogens (primary N) is 1. The van der Waals surface area contributed by atoms with E-state index in [1.165, 1.54) is 5.69 Å². The van der Waals surface area contributed by atoms with Crippen molar-refractivity contribution in [3.8, 4) is 0 Å². The molecule has 0 radical (unpaired) electrons. The smallest absolute Gasteiger partial charge is 0.0404 e. The quantitative estimate of drug-likeness (QED) is 0.663. The lowest BCUT2D eigenvalue weighted by atomic mass is 10.2. The Balaban J connectivity index is 2.07. The van der Waals surface area contributed by atoms with Gasteiger partial charge < -0.3 is 11.1 Å². The Bertz CT molecular complexity index is 248. The monoisotopic (exact) mass is 207 g/mol. The average Bonchev–Trinajstić information content (AvgIpc) is 2.26. The number of rotatable bonds is 7. The Morgan fingerprint density at radius 2 is 2.33 bits per heavy atom. The Hall–Kier alpha value is -0.930. The SMILES string of the molecule is CC(CCN)NCCCc1ccccn1. The molecule has 3 N–H and O–H groups in total. The molecule has 1 unspecified atom stereocenters. The Morgan fingerprint density at radius 1 is 1.47 bits per heavy atom. The second-order valence-corrected chi connectivity index (χ2v) is 3.86. The van der Waals surface area contributed by atoms with Gasteiger partial charge in [0.2, 0.25) is 0 Å². The van der Waals surface area contributed by atoms with Crippen LogP contribution in [0.4, 0.5) is 0 Å². The first kappa shape index (κ1) is 12.1. The van der Waals surface area contributed by atoms with Crippen molar-refractivity contribution in [3.05, 3.63) is 30.1 Å². The molecule has 0 bridgehead atoms. The molecule has 0 aromatic carbocycles. The lowest BCUT2D eigenvalue weighted by Crippen LogP contribution is -2.29. The molecule has 0 spiro atoms. The largest absolute Gasteiger partial charge is 0.330 e. The van der Waals surface area contributed by atoms with E-state index in [0.717, 1.165) is 32.4 Å². The zero-order valence-electron chi connectivity index (χ0n) is 9.45. The molecule has 3 heteroatoms. The maximum Gasteiger partial charge on any atom is 0.0404 e. The van der Waals surface area contributed by atoms with E-state index in [1.807, 2.05) is 18.3 Å². The van der Waals surface area contributed by atoms with Gasteiger partial charge in [0.25, 0.3) is 0 Å². The van der Waals surface area contributed by atoms with Crippen molar-refractivity contribution in [3.63, 3.8) is 0 Å². The lowest BCUT2D eigenvalue weighted by molar-refractivity contribution is 0.511. The van der Waals surface area contributed by atoms with Crippen LogP contribution in [0.3, 0.4) is 0 Å². The van der Waals surface area contributed by atoms with Gasteiger partial charge >= 0.3 is 0 Å². The minimum Gasteiger partial charge on any atom is -0.330 e. The standard InChI is InChI=1S/C12H21N3/c1-11(7-8-13)14-10-4-6-12-5-2-3-9-15-12/h2-3,5,9,11,14H,4,6-8,10,13H2,1H3. The van der Waals surface area contributed by atoms with Gasteiger partial charge in [0.15, 0.2) is 0 Å². The fourth-order valence-electron chi connectivity index (χ4n) is 1.52. The van der Waals surface area contributed by atoms with Gasteiger partial charge in [-0.15, -0.1) is 0 Å². The van der Waals surface area contributed by atoms with E-state index in [2.05, 4.69) is 23.3 Å². The van der Waals surface area contributed by atoms with Crippen LogP contribution in [0.1, 0.15) is 25.5 Å². The fraction of sp³-hybridized carbons (Fsp3) is 0.583. The van der Waals surface area contributed by atoms with Crippen LogP contribution in [0.2, 0.25) is 0 Å². The molecule has 1 atom stereocenters. The number of aromatic nitrogens is 1. The molecule has 0 saturated heterocycles. The first-order valence-corrected chi connectivity index (χ1v) is 5.66. The van der Waals surface area contributed by atoms with Crippen molar-refractivity contribution in [1.29, 1.82) is 0 Å². The van der Waals surface area contributed by atoms with Crippen LogP contribution in [0.5, 0.6) is 0 Å². The molecule has 0 amide bonds. The molecule has 1 aromatic rings. The third-order valence-electron chi connectivity index (χ3n) is 2.43. The second kappa shape index (κ2) is 7.37. The molecular formula is C12H21N3. The van der Waals surface area contributed by atoms with Crippen LogP contribution in [0.25, 0.3) is 0 Å². The highest BCUT2D eigenvalue weighted by atomic mass is 14.9. The number of nitrogens with zero attached hydrogens (tertiary/aromatic N) is 1. The summed E-state index contributed by atoms with van der Waals surface area (Å²) in [7, 11) is 0. The molecule has 0 saturated carbocycles. The summed E-state index contributed by atoms with van der Waals surface area (Å²) in [5.74, 6) is 0. The topological polar surface area (TPSA) is 50.9 Å². The predicted molar refractivity (Wildman–Crippen MR) is 63.7 cm³/mol. The second-order valence-electron chi connectivity index (χ2n) is 3.86. The Morgan fingerprint density at radius 3 is 3.00 bits per heavy atom.